The van der Waals surface area contributed by atoms with Crippen molar-refractivity contribution in [3.05, 3.63) is 29.8 Å². The van der Waals surface area contributed by atoms with Crippen LogP contribution in [0.4, 0.5) is 5.69 Å². The Morgan fingerprint density at radius 3 is 2.50 bits per heavy atom. The number of hydrogen-bond acceptors (Lipinski definition) is 2. The normalized spacial score (nSPS) is 18.6. The van der Waals surface area contributed by atoms with E-state index in [1.54, 1.807) is 0 Å². The third kappa shape index (κ3) is 1.75. The molecule has 0 saturated carbocycles. The number of benzene rings is 1. The van der Waals surface area contributed by atoms with Gasteiger partial charge in [-0.2, -0.15) is 0 Å². The fourth-order valence-corrected chi connectivity index (χ4v) is 2.09. The lowest BCUT2D eigenvalue weighted by Gasteiger charge is -2.22. The van der Waals surface area contributed by atoms with Gasteiger partial charge < -0.3 is 10.0 Å². The average Bonchev–Trinajstić information content (AvgIpc) is 2.70. The summed E-state index contributed by atoms with van der Waals surface area (Å²) in [6, 6.07) is 8.15. The predicted octanol–water partition coefficient (Wildman–Crippen LogP) is 2.34. The Hall–Kier alpha value is -1.02. The van der Waals surface area contributed by atoms with E-state index in [0.717, 1.165) is 18.7 Å². The van der Waals surface area contributed by atoms with Crippen LogP contribution >= 0.6 is 0 Å². The van der Waals surface area contributed by atoms with Gasteiger partial charge in [-0.1, -0.05) is 18.2 Å². The van der Waals surface area contributed by atoms with E-state index in [2.05, 4.69) is 11.0 Å². The summed E-state index contributed by atoms with van der Waals surface area (Å²) in [6.07, 6.45) is 2.18. The Labute approximate surface area is 85.2 Å². The Morgan fingerprint density at radius 1 is 1.21 bits per heavy atom. The maximum Gasteiger partial charge on any atom is 0.0781 e. The van der Waals surface area contributed by atoms with E-state index >= 15 is 0 Å². The van der Waals surface area contributed by atoms with E-state index in [-0.39, 0.29) is 6.10 Å². The first kappa shape index (κ1) is 9.53. The molecule has 0 radical (unpaired) electrons. The van der Waals surface area contributed by atoms with Crippen LogP contribution < -0.4 is 4.90 Å². The topological polar surface area (TPSA) is 23.5 Å². The van der Waals surface area contributed by atoms with Crippen LogP contribution in [0.25, 0.3) is 0 Å². The van der Waals surface area contributed by atoms with Crippen molar-refractivity contribution in [1.29, 1.82) is 0 Å². The molecule has 1 saturated heterocycles. The van der Waals surface area contributed by atoms with Crippen molar-refractivity contribution in [2.75, 3.05) is 18.0 Å². The molecule has 1 heterocycles. The van der Waals surface area contributed by atoms with Crippen LogP contribution in [-0.2, 0) is 0 Å². The molecule has 0 aliphatic carbocycles. The van der Waals surface area contributed by atoms with Crippen LogP contribution in [-0.4, -0.2) is 18.2 Å². The van der Waals surface area contributed by atoms with Gasteiger partial charge in [-0.15, -0.1) is 0 Å². The van der Waals surface area contributed by atoms with E-state index in [1.807, 2.05) is 25.1 Å². The number of hydrogen-bond donors (Lipinski definition) is 1. The van der Waals surface area contributed by atoms with E-state index in [0.29, 0.717) is 0 Å². The molecule has 1 aliphatic rings. The fraction of sp³-hybridized carbons (Fsp3) is 0.500. The number of rotatable bonds is 2. The van der Waals surface area contributed by atoms with Gasteiger partial charge in [0.1, 0.15) is 0 Å². The highest BCUT2D eigenvalue weighted by Crippen LogP contribution is 2.28. The zero-order valence-corrected chi connectivity index (χ0v) is 8.61. The first-order valence-electron chi connectivity index (χ1n) is 5.31. The molecule has 1 aromatic carbocycles. The fourth-order valence-electron chi connectivity index (χ4n) is 2.09. The Morgan fingerprint density at radius 2 is 1.86 bits per heavy atom. The number of anilines is 1. The minimum Gasteiger partial charge on any atom is -0.389 e. The van der Waals surface area contributed by atoms with Crippen molar-refractivity contribution in [3.63, 3.8) is 0 Å². The van der Waals surface area contributed by atoms with E-state index < -0.39 is 0 Å². The molecular weight excluding hydrogens is 174 g/mol. The summed E-state index contributed by atoms with van der Waals surface area (Å²) in [5, 5.41) is 9.64. The number of nitrogens with zero attached hydrogens (tertiary/aromatic N) is 1. The molecular formula is C12H17NO. The molecule has 2 nitrogen and oxygen atoms in total. The van der Waals surface area contributed by atoms with Gasteiger partial charge in [0.25, 0.3) is 0 Å². The van der Waals surface area contributed by atoms with E-state index in [1.165, 1.54) is 18.5 Å². The average molecular weight is 191 g/mol. The molecule has 0 spiro atoms. The second kappa shape index (κ2) is 4.01. The Kier molecular flexibility index (Phi) is 2.73. The van der Waals surface area contributed by atoms with Crippen LogP contribution in [0.3, 0.4) is 0 Å². The summed E-state index contributed by atoms with van der Waals surface area (Å²) < 4.78 is 0. The molecule has 2 rings (SSSR count). The van der Waals surface area contributed by atoms with Crippen LogP contribution in [0.2, 0.25) is 0 Å². The maximum atomic E-state index is 9.64. The molecule has 1 N–H and O–H groups in total. The summed E-state index contributed by atoms with van der Waals surface area (Å²) >= 11 is 0. The lowest BCUT2D eigenvalue weighted by molar-refractivity contribution is 0.199. The van der Waals surface area contributed by atoms with Crippen molar-refractivity contribution >= 4 is 5.69 Å². The van der Waals surface area contributed by atoms with Gasteiger partial charge >= 0.3 is 0 Å². The first-order valence-corrected chi connectivity index (χ1v) is 5.31. The summed E-state index contributed by atoms with van der Waals surface area (Å²) in [6.45, 7) is 4.09. The molecule has 1 atom stereocenters. The molecule has 1 aromatic rings. The predicted molar refractivity (Wildman–Crippen MR) is 58.5 cm³/mol. The maximum absolute atomic E-state index is 9.64. The Bertz CT molecular complexity index is 303. The SMILES string of the molecule is CC(O)c1ccccc1N1CCCC1. The van der Waals surface area contributed by atoms with Crippen molar-refractivity contribution in [3.8, 4) is 0 Å². The van der Waals surface area contributed by atoms with Crippen molar-refractivity contribution < 1.29 is 5.11 Å². The second-order valence-electron chi connectivity index (χ2n) is 3.93. The first-order chi connectivity index (χ1) is 6.79. The summed E-state index contributed by atoms with van der Waals surface area (Å²) in [7, 11) is 0. The van der Waals surface area contributed by atoms with Crippen molar-refractivity contribution in [2.45, 2.75) is 25.9 Å². The van der Waals surface area contributed by atoms with Crippen LogP contribution in [0, 0.1) is 0 Å². The smallest absolute Gasteiger partial charge is 0.0781 e. The van der Waals surface area contributed by atoms with Gasteiger partial charge in [0.05, 0.1) is 6.10 Å². The van der Waals surface area contributed by atoms with Crippen LogP contribution in [0.1, 0.15) is 31.4 Å². The van der Waals surface area contributed by atoms with Gasteiger partial charge in [0.2, 0.25) is 0 Å². The summed E-state index contributed by atoms with van der Waals surface area (Å²) in [5.41, 5.74) is 2.26. The Balaban J connectivity index is 2.30. The molecule has 1 aliphatic heterocycles. The zero-order valence-electron chi connectivity index (χ0n) is 8.61. The van der Waals surface area contributed by atoms with E-state index in [4.69, 9.17) is 0 Å². The molecule has 2 heteroatoms. The van der Waals surface area contributed by atoms with E-state index in [9.17, 15) is 5.11 Å². The lowest BCUT2D eigenvalue weighted by atomic mass is 10.1. The highest BCUT2D eigenvalue weighted by molar-refractivity contribution is 5.55. The summed E-state index contributed by atoms with van der Waals surface area (Å²) in [4.78, 5) is 2.36. The third-order valence-corrected chi connectivity index (χ3v) is 2.83. The van der Waals surface area contributed by atoms with Crippen LogP contribution in [0.5, 0.6) is 0 Å². The van der Waals surface area contributed by atoms with Gasteiger partial charge in [-0.25, -0.2) is 0 Å². The zero-order chi connectivity index (χ0) is 9.97. The summed E-state index contributed by atoms with van der Waals surface area (Å²) in [5.74, 6) is 0. The number of aliphatic hydroxyl groups excluding tert-OH is 1. The van der Waals surface area contributed by atoms with Crippen molar-refractivity contribution in [1.82, 2.24) is 0 Å². The van der Waals surface area contributed by atoms with Gasteiger partial charge in [-0.3, -0.25) is 0 Å². The van der Waals surface area contributed by atoms with Gasteiger partial charge in [0.15, 0.2) is 0 Å². The molecule has 1 fully saturated rings. The number of aliphatic hydroxyl groups is 1. The van der Waals surface area contributed by atoms with Gasteiger partial charge in [-0.05, 0) is 25.8 Å². The minimum atomic E-state index is -0.369. The standard InChI is InChI=1S/C12H17NO/c1-10(14)11-6-2-3-7-12(11)13-8-4-5-9-13/h2-3,6-7,10,14H,4-5,8-9H2,1H3. The number of para-hydroxylation sites is 1. The highest BCUT2D eigenvalue weighted by Gasteiger charge is 2.16. The third-order valence-electron chi connectivity index (χ3n) is 2.83. The molecule has 1 unspecified atom stereocenters. The molecule has 0 amide bonds. The van der Waals surface area contributed by atoms with Crippen LogP contribution in [0.15, 0.2) is 24.3 Å². The largest absolute Gasteiger partial charge is 0.389 e. The second-order valence-corrected chi connectivity index (χ2v) is 3.93. The van der Waals surface area contributed by atoms with Gasteiger partial charge in [0, 0.05) is 24.3 Å². The minimum absolute atomic E-state index is 0.369. The molecule has 0 aromatic heterocycles. The van der Waals surface area contributed by atoms with Crippen molar-refractivity contribution in [2.24, 2.45) is 0 Å². The highest BCUT2D eigenvalue weighted by atomic mass is 16.3. The monoisotopic (exact) mass is 191 g/mol. The lowest BCUT2D eigenvalue weighted by Crippen LogP contribution is -2.19. The quantitative estimate of drug-likeness (QED) is 0.775. The molecule has 14 heavy (non-hydrogen) atoms. The molecule has 0 bridgehead atoms. The molecule has 76 valence electrons.